The molecule has 234 valence electrons. The maximum Gasteiger partial charge on any atom is 0.123 e. The summed E-state index contributed by atoms with van der Waals surface area (Å²) >= 11 is 0. The first-order valence-corrected chi connectivity index (χ1v) is 20.3. The molecule has 0 saturated heterocycles. The van der Waals surface area contributed by atoms with Crippen LogP contribution in [0.2, 0.25) is 0 Å². The Morgan fingerprint density at radius 3 is 1.91 bits per heavy atom. The fraction of sp³-hybridized carbons (Fsp3) is 0.250. The molecular formula is C40H45N4P2+. The number of benzene rings is 4. The second-order valence-electron chi connectivity index (χ2n) is 13.0. The highest BCUT2D eigenvalue weighted by molar-refractivity contribution is 7.90. The van der Waals surface area contributed by atoms with E-state index in [0.29, 0.717) is 11.3 Å². The number of rotatable bonds is 9. The Morgan fingerprint density at radius 2 is 1.28 bits per heavy atom. The Hall–Kier alpha value is -3.84. The monoisotopic (exact) mass is 643 g/mol. The van der Waals surface area contributed by atoms with E-state index in [-0.39, 0.29) is 0 Å². The fourth-order valence-electron chi connectivity index (χ4n) is 6.32. The maximum absolute atomic E-state index is 4.84. The van der Waals surface area contributed by atoms with Crippen molar-refractivity contribution in [3.63, 3.8) is 0 Å². The number of aromatic nitrogens is 2. The van der Waals surface area contributed by atoms with Crippen LogP contribution in [0.15, 0.2) is 109 Å². The van der Waals surface area contributed by atoms with Crippen LogP contribution in [0.3, 0.4) is 0 Å². The van der Waals surface area contributed by atoms with E-state index in [0.717, 1.165) is 16.7 Å². The first kappa shape index (κ1) is 32.1. The molecule has 0 aliphatic heterocycles. The van der Waals surface area contributed by atoms with Gasteiger partial charge in [-0.3, -0.25) is 9.97 Å². The van der Waals surface area contributed by atoms with E-state index in [9.17, 15) is 0 Å². The number of hydrogen-bond donors (Lipinski definition) is 1. The van der Waals surface area contributed by atoms with Gasteiger partial charge in [-0.15, -0.1) is 0 Å². The van der Waals surface area contributed by atoms with Crippen molar-refractivity contribution < 1.29 is 0 Å². The summed E-state index contributed by atoms with van der Waals surface area (Å²) in [5.74, 6) is 0. The van der Waals surface area contributed by atoms with Crippen molar-refractivity contribution in [3.05, 3.63) is 115 Å². The Labute approximate surface area is 276 Å². The van der Waals surface area contributed by atoms with Crippen molar-refractivity contribution in [2.45, 2.75) is 45.9 Å². The molecule has 4 aromatic carbocycles. The smallest absolute Gasteiger partial charge is 0.123 e. The molecule has 0 radical (unpaired) electrons. The van der Waals surface area contributed by atoms with E-state index in [1.165, 1.54) is 49.3 Å². The molecule has 6 aromatic rings. The minimum absolute atomic E-state index is 0.394. The third kappa shape index (κ3) is 5.90. The lowest BCUT2D eigenvalue weighted by molar-refractivity contribution is 1.09. The molecule has 0 spiro atoms. The van der Waals surface area contributed by atoms with Crippen LogP contribution in [0.25, 0.3) is 21.8 Å². The van der Waals surface area contributed by atoms with Gasteiger partial charge in [0.15, 0.2) is 0 Å². The third-order valence-electron chi connectivity index (χ3n) is 9.63. The number of fused-ring (bicyclic) bond motifs is 2. The number of nitrogens with one attached hydrogen (secondary N) is 1. The number of aryl methyl sites for hydroxylation is 1. The van der Waals surface area contributed by atoms with Gasteiger partial charge in [0.25, 0.3) is 0 Å². The lowest BCUT2D eigenvalue weighted by Crippen LogP contribution is -2.33. The second-order valence-corrected chi connectivity index (χ2v) is 19.8. The van der Waals surface area contributed by atoms with E-state index < -0.39 is 15.2 Å². The van der Waals surface area contributed by atoms with Gasteiger partial charge in [-0.25, -0.2) is 0 Å². The van der Waals surface area contributed by atoms with Gasteiger partial charge in [0.2, 0.25) is 0 Å². The van der Waals surface area contributed by atoms with E-state index in [1.807, 2.05) is 24.5 Å². The molecule has 6 rings (SSSR count). The summed E-state index contributed by atoms with van der Waals surface area (Å²) in [5.41, 5.74) is 8.98. The van der Waals surface area contributed by atoms with Gasteiger partial charge in [0.1, 0.15) is 10.6 Å². The number of pyridine rings is 2. The van der Waals surface area contributed by atoms with Crippen LogP contribution in [-0.2, 0) is 0 Å². The highest BCUT2D eigenvalue weighted by atomic mass is 31.2. The Kier molecular flexibility index (Phi) is 9.15. The minimum Gasteiger partial charge on any atom is -0.352 e. The fourth-order valence-corrected chi connectivity index (χ4v) is 11.3. The van der Waals surface area contributed by atoms with Crippen molar-refractivity contribution >= 4 is 75.7 Å². The lowest BCUT2D eigenvalue weighted by atomic mass is 10.1. The molecule has 0 saturated carbocycles. The van der Waals surface area contributed by atoms with Crippen molar-refractivity contribution in [1.29, 1.82) is 0 Å². The SMILES string of the molecule is Cc1ccccc1Nc1ccccc1[P+](C)(c1cc2cccnc2cc1N(C)c1cc2ncccc2cc1P(C)C(C)C)C(C)C. The number of anilines is 4. The van der Waals surface area contributed by atoms with E-state index in [2.05, 4.69) is 150 Å². The summed E-state index contributed by atoms with van der Waals surface area (Å²) < 4.78 is 0. The predicted octanol–water partition coefficient (Wildman–Crippen LogP) is 9.75. The number of nitrogens with zero attached hydrogens (tertiary/aromatic N) is 3. The highest BCUT2D eigenvalue weighted by Gasteiger charge is 2.45. The van der Waals surface area contributed by atoms with Gasteiger partial charge in [-0.05, 0) is 93.3 Å². The zero-order chi connectivity index (χ0) is 32.6. The van der Waals surface area contributed by atoms with Gasteiger partial charge in [0, 0.05) is 41.2 Å². The van der Waals surface area contributed by atoms with Gasteiger partial charge < -0.3 is 10.2 Å². The Balaban J connectivity index is 1.61. The largest absolute Gasteiger partial charge is 0.352 e. The second kappa shape index (κ2) is 13.1. The first-order chi connectivity index (χ1) is 22.1. The molecule has 2 heterocycles. The molecule has 2 atom stereocenters. The van der Waals surface area contributed by atoms with Crippen LogP contribution >= 0.6 is 15.2 Å². The summed E-state index contributed by atoms with van der Waals surface area (Å²) in [6.07, 6.45) is 3.80. The van der Waals surface area contributed by atoms with Gasteiger partial charge in [-0.1, -0.05) is 64.2 Å². The molecule has 46 heavy (non-hydrogen) atoms. The summed E-state index contributed by atoms with van der Waals surface area (Å²) in [4.78, 5) is 12.1. The average Bonchev–Trinajstić information content (AvgIpc) is 3.07. The van der Waals surface area contributed by atoms with E-state index >= 15 is 0 Å². The van der Waals surface area contributed by atoms with Crippen molar-refractivity contribution in [2.24, 2.45) is 0 Å². The molecule has 2 unspecified atom stereocenters. The van der Waals surface area contributed by atoms with E-state index in [1.54, 1.807) is 0 Å². The van der Waals surface area contributed by atoms with Gasteiger partial charge >= 0.3 is 0 Å². The molecule has 0 bridgehead atoms. The predicted molar refractivity (Wildman–Crippen MR) is 207 cm³/mol. The summed E-state index contributed by atoms with van der Waals surface area (Å²) in [5, 5.41) is 10.4. The zero-order valence-electron chi connectivity index (χ0n) is 28.3. The quantitative estimate of drug-likeness (QED) is 0.159. The van der Waals surface area contributed by atoms with Crippen LogP contribution in [0.5, 0.6) is 0 Å². The molecule has 2 aromatic heterocycles. The Bertz CT molecular complexity index is 2020. The van der Waals surface area contributed by atoms with Crippen LogP contribution < -0.4 is 26.1 Å². The van der Waals surface area contributed by atoms with Gasteiger partial charge in [-0.2, -0.15) is 0 Å². The van der Waals surface area contributed by atoms with E-state index in [4.69, 9.17) is 9.97 Å². The van der Waals surface area contributed by atoms with Crippen LogP contribution in [-0.4, -0.2) is 41.7 Å². The molecule has 0 aliphatic carbocycles. The molecular weight excluding hydrogens is 598 g/mol. The summed E-state index contributed by atoms with van der Waals surface area (Å²) in [6, 6.07) is 35.4. The first-order valence-electron chi connectivity index (χ1n) is 16.1. The van der Waals surface area contributed by atoms with Crippen molar-refractivity contribution in [2.75, 3.05) is 30.6 Å². The summed E-state index contributed by atoms with van der Waals surface area (Å²) in [6.45, 7) is 16.6. The highest BCUT2D eigenvalue weighted by Crippen LogP contribution is 2.61. The normalized spacial score (nSPS) is 13.7. The molecule has 6 heteroatoms. The van der Waals surface area contributed by atoms with Crippen LogP contribution in [0, 0.1) is 6.92 Å². The van der Waals surface area contributed by atoms with Crippen molar-refractivity contribution in [1.82, 2.24) is 9.97 Å². The maximum atomic E-state index is 4.84. The molecule has 0 aliphatic rings. The number of para-hydroxylation sites is 2. The molecule has 4 nitrogen and oxygen atoms in total. The standard InChI is InChI=1S/C40H45N4P2/c1-27(2)45(7)38-23-30-16-13-21-41-34(30)25-36(38)44(6)37-26-35-31(17-14-22-42-35)24-40(37)46(8,28(3)4)39-20-12-11-19-33(39)43-32-18-10-9-15-29(32)5/h9-28,43H,1-8H3/q+1. The van der Waals surface area contributed by atoms with Crippen LogP contribution in [0.4, 0.5) is 22.7 Å². The van der Waals surface area contributed by atoms with Crippen LogP contribution in [0.1, 0.15) is 33.3 Å². The van der Waals surface area contributed by atoms with Gasteiger partial charge in [0.05, 0.1) is 47.7 Å². The third-order valence-corrected chi connectivity index (χ3v) is 17.1. The Morgan fingerprint density at radius 1 is 0.696 bits per heavy atom. The van der Waals surface area contributed by atoms with Crippen molar-refractivity contribution in [3.8, 4) is 0 Å². The number of hydrogen-bond acceptors (Lipinski definition) is 4. The zero-order valence-corrected chi connectivity index (χ0v) is 30.1. The minimum atomic E-state index is -2.00. The topological polar surface area (TPSA) is 41.1 Å². The summed E-state index contributed by atoms with van der Waals surface area (Å²) in [7, 11) is -0.160. The lowest BCUT2D eigenvalue weighted by Gasteiger charge is -2.34. The average molecular weight is 644 g/mol. The molecule has 1 N–H and O–H groups in total. The molecule has 0 amide bonds. The molecule has 0 fully saturated rings.